The van der Waals surface area contributed by atoms with Gasteiger partial charge in [0.15, 0.2) is 5.96 Å². The molecule has 4 nitrogen and oxygen atoms in total. The summed E-state index contributed by atoms with van der Waals surface area (Å²) in [5, 5.41) is 3.42. The Morgan fingerprint density at radius 1 is 1.10 bits per heavy atom. The smallest absolute Gasteiger partial charge is 0.193 e. The summed E-state index contributed by atoms with van der Waals surface area (Å²) >= 11 is 0. The van der Waals surface area contributed by atoms with Gasteiger partial charge in [0.1, 0.15) is 0 Å². The monoisotopic (exact) mass is 404 g/mol. The number of halogens is 1. The number of hydrogen-bond donors (Lipinski definition) is 1. The molecule has 0 atom stereocenters. The maximum absolute atomic E-state index is 4.65. The molecule has 0 aliphatic heterocycles. The van der Waals surface area contributed by atoms with E-state index >= 15 is 0 Å². The molecule has 120 valence electrons. The summed E-state index contributed by atoms with van der Waals surface area (Å²) in [7, 11) is 4.04. The van der Waals surface area contributed by atoms with Crippen molar-refractivity contribution < 1.29 is 0 Å². The summed E-state index contributed by atoms with van der Waals surface area (Å²) < 4.78 is 0. The van der Waals surface area contributed by atoms with E-state index < -0.39 is 0 Å². The van der Waals surface area contributed by atoms with Gasteiger partial charge in [0.25, 0.3) is 0 Å². The van der Waals surface area contributed by atoms with Crippen molar-refractivity contribution in [2.24, 2.45) is 4.99 Å². The van der Waals surface area contributed by atoms with E-state index in [1.54, 1.807) is 0 Å². The van der Waals surface area contributed by atoms with Crippen LogP contribution in [0.4, 0.5) is 0 Å². The number of rotatable bonds is 7. The van der Waals surface area contributed by atoms with Gasteiger partial charge in [-0.2, -0.15) is 0 Å². The van der Waals surface area contributed by atoms with Gasteiger partial charge in [0.05, 0.1) is 6.54 Å². The molecule has 1 N–H and O–H groups in total. The van der Waals surface area contributed by atoms with Gasteiger partial charge in [0.2, 0.25) is 0 Å². The molecule has 0 radical (unpaired) electrons. The van der Waals surface area contributed by atoms with Crippen LogP contribution in [-0.4, -0.2) is 56.0 Å². The Balaban J connectivity index is 0.00000400. The third kappa shape index (κ3) is 8.26. The third-order valence-corrected chi connectivity index (χ3v) is 3.28. The van der Waals surface area contributed by atoms with Crippen LogP contribution in [0.3, 0.4) is 0 Å². The van der Waals surface area contributed by atoms with Crippen LogP contribution >= 0.6 is 24.0 Å². The van der Waals surface area contributed by atoms with Crippen molar-refractivity contribution >= 4 is 29.9 Å². The Bertz CT molecular complexity index is 389. The molecule has 0 saturated heterocycles. The van der Waals surface area contributed by atoms with E-state index in [0.717, 1.165) is 32.1 Å². The second kappa shape index (κ2) is 11.8. The molecular weight excluding hydrogens is 375 g/mol. The van der Waals surface area contributed by atoms with Gasteiger partial charge in [-0.25, -0.2) is 4.99 Å². The van der Waals surface area contributed by atoms with E-state index in [-0.39, 0.29) is 24.0 Å². The summed E-state index contributed by atoms with van der Waals surface area (Å²) in [6, 6.07) is 10.3. The lowest BCUT2D eigenvalue weighted by Crippen LogP contribution is -2.41. The lowest BCUT2D eigenvalue weighted by molar-refractivity contribution is 0.307. The fraction of sp³-hybridized carbons (Fsp3) is 0.562. The molecule has 0 aromatic heterocycles. The van der Waals surface area contributed by atoms with Crippen LogP contribution in [0, 0.1) is 0 Å². The molecule has 0 unspecified atom stereocenters. The topological polar surface area (TPSA) is 30.9 Å². The second-order valence-electron chi connectivity index (χ2n) is 4.97. The minimum Gasteiger partial charge on any atom is -0.355 e. The van der Waals surface area contributed by atoms with Gasteiger partial charge in [-0.05, 0) is 18.7 Å². The fourth-order valence-corrected chi connectivity index (χ4v) is 1.97. The molecule has 0 heterocycles. The molecule has 0 aliphatic rings. The minimum atomic E-state index is 0. The van der Waals surface area contributed by atoms with E-state index in [1.807, 2.05) is 37.2 Å². The molecule has 0 spiro atoms. The first-order valence-corrected chi connectivity index (χ1v) is 7.39. The van der Waals surface area contributed by atoms with Gasteiger partial charge < -0.3 is 15.1 Å². The van der Waals surface area contributed by atoms with Crippen LogP contribution in [0.15, 0.2) is 35.3 Å². The van der Waals surface area contributed by atoms with Gasteiger partial charge >= 0.3 is 0 Å². The fourth-order valence-electron chi connectivity index (χ4n) is 1.97. The number of guanidine groups is 1. The van der Waals surface area contributed by atoms with Crippen molar-refractivity contribution in [1.82, 2.24) is 15.1 Å². The lowest BCUT2D eigenvalue weighted by Gasteiger charge is -2.21. The number of hydrogen-bond acceptors (Lipinski definition) is 2. The van der Waals surface area contributed by atoms with Crippen LogP contribution in [0.25, 0.3) is 0 Å². The highest BCUT2D eigenvalue weighted by atomic mass is 127. The first-order valence-electron chi connectivity index (χ1n) is 7.39. The number of aliphatic imine (C=N–C) groups is 1. The number of benzene rings is 1. The molecule has 1 rings (SSSR count). The van der Waals surface area contributed by atoms with Crippen LogP contribution in [0.2, 0.25) is 0 Å². The zero-order valence-corrected chi connectivity index (χ0v) is 16.0. The van der Waals surface area contributed by atoms with E-state index in [9.17, 15) is 0 Å². The van der Waals surface area contributed by atoms with Crippen molar-refractivity contribution in [3.05, 3.63) is 35.9 Å². The largest absolute Gasteiger partial charge is 0.355 e. The van der Waals surface area contributed by atoms with Gasteiger partial charge in [-0.3, -0.25) is 0 Å². The highest BCUT2D eigenvalue weighted by Gasteiger charge is 2.03. The highest BCUT2D eigenvalue weighted by Crippen LogP contribution is 2.00. The van der Waals surface area contributed by atoms with E-state index in [0.29, 0.717) is 6.54 Å². The highest BCUT2D eigenvalue weighted by molar-refractivity contribution is 14.0. The number of nitrogens with zero attached hydrogens (tertiary/aromatic N) is 3. The van der Waals surface area contributed by atoms with Gasteiger partial charge in [-0.15, -0.1) is 24.0 Å². The Hall–Kier alpha value is -0.820. The summed E-state index contributed by atoms with van der Waals surface area (Å²) in [6.07, 6.45) is 0. The standard InChI is InChI=1S/C16H28N4.HI/c1-5-20(6-2)13-12-17-16(19(3)4)18-14-15-10-8-7-9-11-15;/h7-11H,5-6,12-14H2,1-4H3,(H,17,18);1H. The van der Waals surface area contributed by atoms with Gasteiger partial charge in [0, 0.05) is 27.2 Å². The summed E-state index contributed by atoms with van der Waals surface area (Å²) in [6.45, 7) is 9.26. The molecule has 5 heteroatoms. The van der Waals surface area contributed by atoms with Crippen molar-refractivity contribution in [3.63, 3.8) is 0 Å². The first-order chi connectivity index (χ1) is 9.67. The molecular formula is C16H29IN4. The maximum Gasteiger partial charge on any atom is 0.193 e. The van der Waals surface area contributed by atoms with E-state index in [1.165, 1.54) is 5.56 Å². The minimum absolute atomic E-state index is 0. The molecule has 0 fully saturated rings. The van der Waals surface area contributed by atoms with Crippen molar-refractivity contribution in [2.45, 2.75) is 20.4 Å². The molecule has 0 bridgehead atoms. The summed E-state index contributed by atoms with van der Waals surface area (Å²) in [4.78, 5) is 9.09. The molecule has 1 aromatic rings. The van der Waals surface area contributed by atoms with Crippen LogP contribution < -0.4 is 5.32 Å². The Labute approximate surface area is 146 Å². The predicted octanol–water partition coefficient (Wildman–Crippen LogP) is 2.65. The quantitative estimate of drug-likeness (QED) is 0.431. The zero-order valence-electron chi connectivity index (χ0n) is 13.7. The number of nitrogens with one attached hydrogen (secondary N) is 1. The van der Waals surface area contributed by atoms with Crippen LogP contribution in [0.1, 0.15) is 19.4 Å². The van der Waals surface area contributed by atoms with E-state index in [2.05, 4.69) is 41.2 Å². The van der Waals surface area contributed by atoms with Crippen molar-refractivity contribution in [2.75, 3.05) is 40.3 Å². The van der Waals surface area contributed by atoms with Crippen molar-refractivity contribution in [1.29, 1.82) is 0 Å². The molecule has 21 heavy (non-hydrogen) atoms. The maximum atomic E-state index is 4.65. The SMILES string of the molecule is CCN(CC)CCNC(=NCc1ccccc1)N(C)C.I. The van der Waals surface area contributed by atoms with Gasteiger partial charge in [-0.1, -0.05) is 44.2 Å². The molecule has 0 saturated carbocycles. The van der Waals surface area contributed by atoms with Crippen LogP contribution in [0.5, 0.6) is 0 Å². The first kappa shape index (κ1) is 20.2. The number of likely N-dealkylation sites (N-methyl/N-ethyl adjacent to an activating group) is 1. The second-order valence-corrected chi connectivity index (χ2v) is 4.97. The average Bonchev–Trinajstić information content (AvgIpc) is 2.47. The zero-order chi connectivity index (χ0) is 14.8. The van der Waals surface area contributed by atoms with E-state index in [4.69, 9.17) is 0 Å². The average molecular weight is 404 g/mol. The Morgan fingerprint density at radius 2 is 1.71 bits per heavy atom. The molecule has 0 amide bonds. The van der Waals surface area contributed by atoms with Crippen molar-refractivity contribution in [3.8, 4) is 0 Å². The normalized spacial score (nSPS) is 11.2. The Morgan fingerprint density at radius 3 is 2.24 bits per heavy atom. The predicted molar refractivity (Wildman–Crippen MR) is 102 cm³/mol. The summed E-state index contributed by atoms with van der Waals surface area (Å²) in [5.74, 6) is 0.945. The Kier molecular flexibility index (Phi) is 11.3. The van der Waals surface area contributed by atoms with Crippen LogP contribution in [-0.2, 0) is 6.54 Å². The third-order valence-electron chi connectivity index (χ3n) is 3.28. The molecule has 1 aromatic carbocycles. The summed E-state index contributed by atoms with van der Waals surface area (Å²) in [5.41, 5.74) is 1.23. The molecule has 0 aliphatic carbocycles. The lowest BCUT2D eigenvalue weighted by atomic mass is 10.2.